The van der Waals surface area contributed by atoms with Gasteiger partial charge in [0, 0.05) is 55.8 Å². The minimum Gasteiger partial charge on any atom is -0.371 e. The van der Waals surface area contributed by atoms with Crippen molar-refractivity contribution < 1.29 is 9.53 Å². The van der Waals surface area contributed by atoms with Crippen LogP contribution in [0.4, 0.5) is 0 Å². The first-order valence-corrected chi connectivity index (χ1v) is 7.83. The highest BCUT2D eigenvalue weighted by Gasteiger charge is 2.34. The average molecular weight is 314 g/mol. The first-order chi connectivity index (χ1) is 11.2. The summed E-state index contributed by atoms with van der Waals surface area (Å²) in [5.41, 5.74) is 7.63. The van der Waals surface area contributed by atoms with E-state index in [1.165, 1.54) is 11.3 Å². The summed E-state index contributed by atoms with van der Waals surface area (Å²) in [5.74, 6) is 0.291. The minimum absolute atomic E-state index is 0.0177. The van der Waals surface area contributed by atoms with Gasteiger partial charge in [-0.2, -0.15) is 0 Å². The number of primary amides is 1. The lowest BCUT2D eigenvalue weighted by Crippen LogP contribution is -2.24. The van der Waals surface area contributed by atoms with E-state index in [4.69, 9.17) is 10.5 Å². The van der Waals surface area contributed by atoms with Gasteiger partial charge in [0.25, 0.3) is 0 Å². The molecule has 2 atom stereocenters. The zero-order chi connectivity index (χ0) is 16.1. The normalized spacial score (nSPS) is 21.6. The first kappa shape index (κ1) is 15.7. The van der Waals surface area contributed by atoms with Crippen LogP contribution in [0.2, 0.25) is 0 Å². The summed E-state index contributed by atoms with van der Waals surface area (Å²) < 4.78 is 5.49. The van der Waals surface area contributed by atoms with Gasteiger partial charge in [-0.05, 0) is 29.8 Å². The number of nitrogens with zero attached hydrogens (tertiary/aromatic N) is 2. The molecule has 1 saturated heterocycles. The quantitative estimate of drug-likeness (QED) is 0.802. The highest BCUT2D eigenvalue weighted by Crippen LogP contribution is 2.33. The Kier molecular flexibility index (Phi) is 5.05. The lowest BCUT2D eigenvalue weighted by molar-refractivity contribution is -0.122. The number of likely N-dealkylation sites (tertiary alicyclic amines) is 1. The molecule has 0 saturated carbocycles. The number of hydrogen-bond acceptors (Lipinski definition) is 4. The van der Waals surface area contributed by atoms with Crippen molar-refractivity contribution in [3.05, 3.63) is 54.1 Å². The molecule has 3 N–H and O–H groups in total. The molecule has 23 heavy (non-hydrogen) atoms. The monoisotopic (exact) mass is 314 g/mol. The summed E-state index contributed by atoms with van der Waals surface area (Å²) in [4.78, 5) is 20.6. The Bertz CT molecular complexity index is 615. The van der Waals surface area contributed by atoms with Gasteiger partial charge in [0.05, 0.1) is 6.61 Å². The number of aromatic nitrogens is 2. The summed E-state index contributed by atoms with van der Waals surface area (Å²) in [6.07, 6.45) is 5.59. The number of rotatable bonds is 7. The third kappa shape index (κ3) is 4.18. The van der Waals surface area contributed by atoms with Gasteiger partial charge in [0.15, 0.2) is 0 Å². The van der Waals surface area contributed by atoms with E-state index in [9.17, 15) is 4.79 Å². The van der Waals surface area contributed by atoms with Crippen molar-refractivity contribution >= 4 is 5.91 Å². The van der Waals surface area contributed by atoms with Gasteiger partial charge in [-0.15, -0.1) is 0 Å². The standard InChI is InChI=1S/C17H22N4O2/c18-17(22)12-23-11-14-8-21(9-15-2-1-5-20-15)10-16(14)13-3-6-19-7-4-13/h1-7,14,16,20H,8-12H2,(H2,18,22)/t14-,16-/m0/s1. The van der Waals surface area contributed by atoms with Crippen molar-refractivity contribution in [3.8, 4) is 0 Å². The second kappa shape index (κ2) is 7.39. The van der Waals surface area contributed by atoms with Crippen LogP contribution in [0, 0.1) is 5.92 Å². The molecule has 3 heterocycles. The molecule has 1 aliphatic rings. The van der Waals surface area contributed by atoms with Crippen LogP contribution >= 0.6 is 0 Å². The van der Waals surface area contributed by atoms with Crippen LogP contribution in [0.25, 0.3) is 0 Å². The van der Waals surface area contributed by atoms with Crippen molar-refractivity contribution in [3.63, 3.8) is 0 Å². The van der Waals surface area contributed by atoms with E-state index in [1.54, 1.807) is 0 Å². The van der Waals surface area contributed by atoms with Gasteiger partial charge >= 0.3 is 0 Å². The molecule has 6 heteroatoms. The van der Waals surface area contributed by atoms with Gasteiger partial charge in [0.1, 0.15) is 6.61 Å². The molecule has 2 aromatic heterocycles. The lowest BCUT2D eigenvalue weighted by atomic mass is 9.90. The molecule has 0 bridgehead atoms. The van der Waals surface area contributed by atoms with Crippen LogP contribution in [-0.4, -0.2) is 47.1 Å². The maximum atomic E-state index is 10.9. The molecular weight excluding hydrogens is 292 g/mol. The molecule has 6 nitrogen and oxygen atoms in total. The van der Waals surface area contributed by atoms with E-state index in [-0.39, 0.29) is 6.61 Å². The Hall–Kier alpha value is -2.18. The van der Waals surface area contributed by atoms with Crippen molar-refractivity contribution in [2.24, 2.45) is 11.7 Å². The molecule has 122 valence electrons. The molecule has 0 spiro atoms. The summed E-state index contributed by atoms with van der Waals surface area (Å²) in [5, 5.41) is 0. The number of carbonyl (C=O) groups excluding carboxylic acids is 1. The summed E-state index contributed by atoms with van der Waals surface area (Å²) in [7, 11) is 0. The number of aromatic amines is 1. The van der Waals surface area contributed by atoms with E-state index in [0.29, 0.717) is 18.4 Å². The van der Waals surface area contributed by atoms with Gasteiger partial charge < -0.3 is 15.5 Å². The van der Waals surface area contributed by atoms with Crippen molar-refractivity contribution in [2.45, 2.75) is 12.5 Å². The largest absolute Gasteiger partial charge is 0.371 e. The fourth-order valence-electron chi connectivity index (χ4n) is 3.26. The number of amides is 1. The van der Waals surface area contributed by atoms with Crippen molar-refractivity contribution in [1.82, 2.24) is 14.9 Å². The SMILES string of the molecule is NC(=O)COC[C@@H]1CN(Cc2ccc[nH]2)C[C@H]1c1ccncc1. The van der Waals surface area contributed by atoms with E-state index < -0.39 is 5.91 Å². The molecule has 0 radical (unpaired) electrons. The first-order valence-electron chi connectivity index (χ1n) is 7.83. The third-order valence-electron chi connectivity index (χ3n) is 4.28. The molecule has 0 aliphatic carbocycles. The summed E-state index contributed by atoms with van der Waals surface area (Å²) >= 11 is 0. The van der Waals surface area contributed by atoms with Crippen LogP contribution < -0.4 is 5.73 Å². The molecule has 1 amide bonds. The van der Waals surface area contributed by atoms with Crippen LogP contribution in [0.3, 0.4) is 0 Å². The number of ether oxygens (including phenoxy) is 1. The Morgan fingerprint density at radius 2 is 2.17 bits per heavy atom. The summed E-state index contributed by atoms with van der Waals surface area (Å²) in [6.45, 7) is 3.31. The number of H-pyrrole nitrogens is 1. The number of nitrogens with one attached hydrogen (secondary N) is 1. The van der Waals surface area contributed by atoms with Gasteiger partial charge in [-0.25, -0.2) is 0 Å². The Labute approximate surface area is 135 Å². The zero-order valence-corrected chi connectivity index (χ0v) is 13.0. The van der Waals surface area contributed by atoms with Crippen LogP contribution in [0.5, 0.6) is 0 Å². The van der Waals surface area contributed by atoms with E-state index in [1.807, 2.05) is 24.7 Å². The smallest absolute Gasteiger partial charge is 0.243 e. The number of pyridine rings is 1. The van der Waals surface area contributed by atoms with Gasteiger partial charge in [0.2, 0.25) is 5.91 Å². The highest BCUT2D eigenvalue weighted by atomic mass is 16.5. The molecule has 1 aliphatic heterocycles. The van der Waals surface area contributed by atoms with E-state index >= 15 is 0 Å². The number of carbonyl (C=O) groups is 1. The maximum absolute atomic E-state index is 10.9. The lowest BCUT2D eigenvalue weighted by Gasteiger charge is -2.18. The maximum Gasteiger partial charge on any atom is 0.243 e. The topological polar surface area (TPSA) is 84.2 Å². The second-order valence-electron chi connectivity index (χ2n) is 6.02. The van der Waals surface area contributed by atoms with Crippen molar-refractivity contribution in [2.75, 3.05) is 26.3 Å². The molecule has 3 rings (SSSR count). The third-order valence-corrected chi connectivity index (χ3v) is 4.28. The highest BCUT2D eigenvalue weighted by molar-refractivity contribution is 5.74. The number of hydrogen-bond donors (Lipinski definition) is 2. The Morgan fingerprint density at radius 3 is 2.87 bits per heavy atom. The molecule has 0 aromatic carbocycles. The molecule has 1 fully saturated rings. The Morgan fingerprint density at radius 1 is 1.35 bits per heavy atom. The fraction of sp³-hybridized carbons (Fsp3) is 0.412. The minimum atomic E-state index is -0.424. The molecule has 0 unspecified atom stereocenters. The Balaban J connectivity index is 1.67. The van der Waals surface area contributed by atoms with Crippen molar-refractivity contribution in [1.29, 1.82) is 0 Å². The molecular formula is C17H22N4O2. The van der Waals surface area contributed by atoms with Crippen LogP contribution in [0.1, 0.15) is 17.2 Å². The van der Waals surface area contributed by atoms with E-state index in [0.717, 1.165) is 19.6 Å². The van der Waals surface area contributed by atoms with E-state index in [2.05, 4.69) is 33.1 Å². The van der Waals surface area contributed by atoms with Gasteiger partial charge in [-0.1, -0.05) is 0 Å². The summed E-state index contributed by atoms with van der Waals surface area (Å²) in [6, 6.07) is 8.23. The predicted octanol–water partition coefficient (Wildman–Crippen LogP) is 1.13. The average Bonchev–Trinajstić information content (AvgIpc) is 3.18. The second-order valence-corrected chi connectivity index (χ2v) is 6.02. The predicted molar refractivity (Wildman–Crippen MR) is 86.6 cm³/mol. The number of nitrogens with two attached hydrogens (primary N) is 1. The van der Waals surface area contributed by atoms with Crippen LogP contribution in [0.15, 0.2) is 42.9 Å². The molecule has 2 aromatic rings. The van der Waals surface area contributed by atoms with Gasteiger partial charge in [-0.3, -0.25) is 14.7 Å². The zero-order valence-electron chi connectivity index (χ0n) is 13.0. The fourth-order valence-corrected chi connectivity index (χ4v) is 3.26. The van der Waals surface area contributed by atoms with Crippen LogP contribution in [-0.2, 0) is 16.1 Å².